The Hall–Kier alpha value is -0.330. The normalized spacial score (nSPS) is 51.4. The predicted molar refractivity (Wildman–Crippen MR) is 72.1 cm³/mol. The van der Waals surface area contributed by atoms with Gasteiger partial charge < -0.3 is 0 Å². The van der Waals surface area contributed by atoms with Gasteiger partial charge in [-0.05, 0) is 74.0 Å². The molecule has 0 N–H and O–H groups in total. The lowest BCUT2D eigenvalue weighted by molar-refractivity contribution is -0.126. The van der Waals surface area contributed by atoms with Crippen LogP contribution in [-0.4, -0.2) is 5.78 Å². The molecule has 0 aromatic heterocycles. The number of hydrogen-bond donors (Lipinski definition) is 0. The van der Waals surface area contributed by atoms with Crippen LogP contribution in [0.4, 0.5) is 0 Å². The summed E-state index contributed by atoms with van der Waals surface area (Å²) in [6.07, 6.45) is 13.5. The molecular weight excluding hydrogens is 220 g/mol. The van der Waals surface area contributed by atoms with Gasteiger partial charge in [-0.25, -0.2) is 0 Å². The maximum atomic E-state index is 11.7. The van der Waals surface area contributed by atoms with Gasteiger partial charge in [-0.15, -0.1) is 0 Å². The van der Waals surface area contributed by atoms with Crippen molar-refractivity contribution >= 4 is 5.78 Å². The molecule has 0 radical (unpaired) electrons. The van der Waals surface area contributed by atoms with E-state index in [0.29, 0.717) is 5.78 Å². The van der Waals surface area contributed by atoms with Gasteiger partial charge in [0.2, 0.25) is 0 Å². The molecule has 4 aliphatic rings. The molecule has 0 aliphatic heterocycles. The molecule has 0 amide bonds. The van der Waals surface area contributed by atoms with Gasteiger partial charge >= 0.3 is 0 Å². The molecular formula is C17H26O. The number of carbonyl (C=O) groups is 1. The summed E-state index contributed by atoms with van der Waals surface area (Å²) >= 11 is 0. The second-order valence-electron chi connectivity index (χ2n) is 7.54. The standard InChI is InChI=1S/C17H26O/c18-13-6-9-15-12(10-13)5-8-16-14-3-1-2-11(14)4-7-17(15)16/h11-12,14-17H,1-10H2/t11-,12-,14+,15-,16-,17+/m0/s1. The predicted octanol–water partition coefficient (Wildman–Crippen LogP) is 4.21. The summed E-state index contributed by atoms with van der Waals surface area (Å²) in [5.74, 6) is 6.52. The zero-order chi connectivity index (χ0) is 12.1. The van der Waals surface area contributed by atoms with Crippen molar-refractivity contribution in [2.45, 2.75) is 64.2 Å². The summed E-state index contributed by atoms with van der Waals surface area (Å²) in [6, 6.07) is 0. The molecule has 4 aliphatic carbocycles. The number of Topliss-reactive ketones (excluding diaryl/α,β-unsaturated/α-hetero) is 1. The van der Waals surface area contributed by atoms with Crippen molar-refractivity contribution in [2.75, 3.05) is 0 Å². The number of carbonyl (C=O) groups excluding carboxylic acids is 1. The lowest BCUT2D eigenvalue weighted by atomic mass is 9.54. The van der Waals surface area contributed by atoms with E-state index in [1.165, 1.54) is 51.4 Å². The maximum Gasteiger partial charge on any atom is 0.133 e. The van der Waals surface area contributed by atoms with Crippen LogP contribution < -0.4 is 0 Å². The van der Waals surface area contributed by atoms with Crippen LogP contribution in [0.3, 0.4) is 0 Å². The summed E-state index contributed by atoms with van der Waals surface area (Å²) in [7, 11) is 0. The van der Waals surface area contributed by atoms with Crippen LogP contribution in [0.5, 0.6) is 0 Å². The van der Waals surface area contributed by atoms with Crippen molar-refractivity contribution in [1.82, 2.24) is 0 Å². The summed E-state index contributed by atoms with van der Waals surface area (Å²) < 4.78 is 0. The van der Waals surface area contributed by atoms with Gasteiger partial charge in [-0.3, -0.25) is 4.79 Å². The Labute approximate surface area is 111 Å². The zero-order valence-corrected chi connectivity index (χ0v) is 11.4. The van der Waals surface area contributed by atoms with E-state index in [1.54, 1.807) is 0 Å². The summed E-state index contributed by atoms with van der Waals surface area (Å²) in [5, 5.41) is 0. The highest BCUT2D eigenvalue weighted by molar-refractivity contribution is 5.79. The first-order chi connectivity index (χ1) is 8.83. The molecule has 100 valence electrons. The molecule has 4 fully saturated rings. The Kier molecular flexibility index (Phi) is 2.78. The van der Waals surface area contributed by atoms with Crippen LogP contribution >= 0.6 is 0 Å². The molecule has 0 bridgehead atoms. The first-order valence-corrected chi connectivity index (χ1v) is 8.34. The number of hydrogen-bond acceptors (Lipinski definition) is 1. The van der Waals surface area contributed by atoms with Gasteiger partial charge in [0.1, 0.15) is 5.78 Å². The van der Waals surface area contributed by atoms with E-state index in [2.05, 4.69) is 0 Å². The molecule has 0 aromatic carbocycles. The zero-order valence-electron chi connectivity index (χ0n) is 11.4. The molecule has 4 saturated carbocycles. The third-order valence-electron chi connectivity index (χ3n) is 6.96. The Bertz CT molecular complexity index is 348. The van der Waals surface area contributed by atoms with E-state index in [0.717, 1.165) is 48.3 Å². The molecule has 1 nitrogen and oxygen atoms in total. The fourth-order valence-corrected chi connectivity index (χ4v) is 6.28. The number of fused-ring (bicyclic) bond motifs is 5. The Morgan fingerprint density at radius 2 is 1.39 bits per heavy atom. The van der Waals surface area contributed by atoms with E-state index in [9.17, 15) is 4.79 Å². The summed E-state index contributed by atoms with van der Waals surface area (Å²) in [5.41, 5.74) is 0. The minimum absolute atomic E-state index is 0.559. The maximum absolute atomic E-state index is 11.7. The van der Waals surface area contributed by atoms with Crippen molar-refractivity contribution in [3.8, 4) is 0 Å². The van der Waals surface area contributed by atoms with Gasteiger partial charge in [-0.2, -0.15) is 0 Å². The van der Waals surface area contributed by atoms with Crippen LogP contribution in [0.15, 0.2) is 0 Å². The van der Waals surface area contributed by atoms with E-state index >= 15 is 0 Å². The van der Waals surface area contributed by atoms with Crippen molar-refractivity contribution in [1.29, 1.82) is 0 Å². The van der Waals surface area contributed by atoms with Crippen molar-refractivity contribution in [2.24, 2.45) is 35.5 Å². The molecule has 0 aromatic rings. The largest absolute Gasteiger partial charge is 0.300 e. The molecule has 0 heterocycles. The minimum atomic E-state index is 0.559. The Morgan fingerprint density at radius 3 is 2.22 bits per heavy atom. The van der Waals surface area contributed by atoms with Gasteiger partial charge in [0.05, 0.1) is 0 Å². The topological polar surface area (TPSA) is 17.1 Å². The lowest BCUT2D eigenvalue weighted by Gasteiger charge is -2.51. The fraction of sp³-hybridized carbons (Fsp3) is 0.941. The molecule has 0 unspecified atom stereocenters. The first kappa shape index (κ1) is 11.5. The average Bonchev–Trinajstić information content (AvgIpc) is 2.86. The quantitative estimate of drug-likeness (QED) is 0.626. The van der Waals surface area contributed by atoms with Crippen molar-refractivity contribution in [3.63, 3.8) is 0 Å². The monoisotopic (exact) mass is 246 g/mol. The van der Waals surface area contributed by atoms with Crippen LogP contribution in [0.2, 0.25) is 0 Å². The Balaban J connectivity index is 1.55. The molecule has 0 spiro atoms. The van der Waals surface area contributed by atoms with Crippen LogP contribution in [-0.2, 0) is 4.79 Å². The number of ketones is 1. The van der Waals surface area contributed by atoms with Gasteiger partial charge in [0.15, 0.2) is 0 Å². The highest BCUT2D eigenvalue weighted by atomic mass is 16.1. The van der Waals surface area contributed by atoms with Crippen molar-refractivity contribution < 1.29 is 4.79 Å². The van der Waals surface area contributed by atoms with Crippen LogP contribution in [0, 0.1) is 35.5 Å². The van der Waals surface area contributed by atoms with E-state index in [4.69, 9.17) is 0 Å². The second-order valence-corrected chi connectivity index (χ2v) is 7.54. The second kappa shape index (κ2) is 4.35. The van der Waals surface area contributed by atoms with Crippen LogP contribution in [0.25, 0.3) is 0 Å². The van der Waals surface area contributed by atoms with Gasteiger partial charge in [-0.1, -0.05) is 12.8 Å². The third-order valence-corrected chi connectivity index (χ3v) is 6.96. The summed E-state index contributed by atoms with van der Waals surface area (Å²) in [6.45, 7) is 0. The number of rotatable bonds is 0. The van der Waals surface area contributed by atoms with E-state index in [-0.39, 0.29) is 0 Å². The van der Waals surface area contributed by atoms with E-state index < -0.39 is 0 Å². The van der Waals surface area contributed by atoms with Crippen molar-refractivity contribution in [3.05, 3.63) is 0 Å². The summed E-state index contributed by atoms with van der Waals surface area (Å²) in [4.78, 5) is 11.7. The first-order valence-electron chi connectivity index (χ1n) is 8.34. The van der Waals surface area contributed by atoms with E-state index in [1.807, 2.05) is 0 Å². The lowest BCUT2D eigenvalue weighted by Crippen LogP contribution is -2.44. The SMILES string of the molecule is O=C1CC[C@H]2[C@@H](CC[C@@H]3[C@@H]2CC[C@@H]2CCC[C@H]23)C1. The molecule has 18 heavy (non-hydrogen) atoms. The molecule has 0 saturated heterocycles. The highest BCUT2D eigenvalue weighted by Crippen LogP contribution is 2.57. The highest BCUT2D eigenvalue weighted by Gasteiger charge is 2.49. The van der Waals surface area contributed by atoms with Gasteiger partial charge in [0.25, 0.3) is 0 Å². The molecule has 4 rings (SSSR count). The molecule has 6 atom stereocenters. The van der Waals surface area contributed by atoms with Crippen LogP contribution in [0.1, 0.15) is 64.2 Å². The smallest absolute Gasteiger partial charge is 0.133 e. The molecule has 1 heteroatoms. The van der Waals surface area contributed by atoms with Gasteiger partial charge in [0, 0.05) is 12.8 Å². The average molecular weight is 246 g/mol. The third kappa shape index (κ3) is 1.69. The fourth-order valence-electron chi connectivity index (χ4n) is 6.28. The minimum Gasteiger partial charge on any atom is -0.300 e. The Morgan fingerprint density at radius 1 is 0.667 bits per heavy atom.